The standard InChI is InChI=1S/C18H24F3NO2/c1-17(2,3)24-16(23)22-9-7-13(8-10-22)11-14-5-4-6-15(12-14)18(19,20)21/h4-6,12-13H,7-11H2,1-3H3. The Labute approximate surface area is 140 Å². The van der Waals surface area contributed by atoms with E-state index in [2.05, 4.69) is 0 Å². The van der Waals surface area contributed by atoms with Gasteiger partial charge in [-0.05, 0) is 57.6 Å². The summed E-state index contributed by atoms with van der Waals surface area (Å²) < 4.78 is 43.6. The highest BCUT2D eigenvalue weighted by Gasteiger charge is 2.31. The van der Waals surface area contributed by atoms with Gasteiger partial charge in [-0.25, -0.2) is 4.79 Å². The highest BCUT2D eigenvalue weighted by molar-refractivity contribution is 5.68. The minimum absolute atomic E-state index is 0.284. The number of amides is 1. The lowest BCUT2D eigenvalue weighted by atomic mass is 9.90. The molecule has 1 amide bonds. The topological polar surface area (TPSA) is 29.5 Å². The van der Waals surface area contributed by atoms with Crippen molar-refractivity contribution in [3.63, 3.8) is 0 Å². The van der Waals surface area contributed by atoms with Gasteiger partial charge < -0.3 is 9.64 Å². The van der Waals surface area contributed by atoms with E-state index in [-0.39, 0.29) is 12.0 Å². The average molecular weight is 343 g/mol. The number of alkyl halides is 3. The molecule has 1 fully saturated rings. The van der Waals surface area contributed by atoms with Gasteiger partial charge in [0.25, 0.3) is 0 Å². The number of rotatable bonds is 2. The third-order valence-electron chi connectivity index (χ3n) is 4.04. The number of ether oxygens (including phenoxy) is 1. The molecule has 1 aromatic rings. The summed E-state index contributed by atoms with van der Waals surface area (Å²) in [5, 5.41) is 0. The zero-order valence-corrected chi connectivity index (χ0v) is 14.3. The fourth-order valence-corrected chi connectivity index (χ4v) is 2.85. The first-order chi connectivity index (χ1) is 11.0. The van der Waals surface area contributed by atoms with E-state index < -0.39 is 17.3 Å². The van der Waals surface area contributed by atoms with E-state index in [1.807, 2.05) is 20.8 Å². The Morgan fingerprint density at radius 3 is 2.38 bits per heavy atom. The maximum Gasteiger partial charge on any atom is 0.416 e. The molecule has 0 spiro atoms. The highest BCUT2D eigenvalue weighted by atomic mass is 19.4. The molecule has 0 saturated carbocycles. The molecule has 6 heteroatoms. The van der Waals surface area contributed by atoms with Crippen LogP contribution >= 0.6 is 0 Å². The number of hydrogen-bond acceptors (Lipinski definition) is 2. The number of nitrogens with zero attached hydrogens (tertiary/aromatic N) is 1. The van der Waals surface area contributed by atoms with Crippen LogP contribution in [0.2, 0.25) is 0 Å². The van der Waals surface area contributed by atoms with Gasteiger partial charge >= 0.3 is 12.3 Å². The summed E-state index contributed by atoms with van der Waals surface area (Å²) in [5.74, 6) is 0.284. The maximum atomic E-state index is 12.8. The van der Waals surface area contributed by atoms with Crippen molar-refractivity contribution in [3.8, 4) is 0 Å². The van der Waals surface area contributed by atoms with Crippen LogP contribution in [0.1, 0.15) is 44.7 Å². The van der Waals surface area contributed by atoms with Crippen molar-refractivity contribution in [1.82, 2.24) is 4.90 Å². The number of carbonyl (C=O) groups excluding carboxylic acids is 1. The van der Waals surface area contributed by atoms with Crippen LogP contribution in [0.5, 0.6) is 0 Å². The van der Waals surface area contributed by atoms with E-state index in [0.29, 0.717) is 25.1 Å². The van der Waals surface area contributed by atoms with Gasteiger partial charge in [-0.15, -0.1) is 0 Å². The van der Waals surface area contributed by atoms with Gasteiger partial charge in [0.1, 0.15) is 5.60 Å². The summed E-state index contributed by atoms with van der Waals surface area (Å²) >= 11 is 0. The summed E-state index contributed by atoms with van der Waals surface area (Å²) in [5.41, 5.74) is -0.432. The van der Waals surface area contributed by atoms with E-state index in [1.54, 1.807) is 11.0 Å². The van der Waals surface area contributed by atoms with Gasteiger partial charge in [0.05, 0.1) is 5.56 Å². The molecule has 134 valence electrons. The lowest BCUT2D eigenvalue weighted by Gasteiger charge is -2.33. The maximum absolute atomic E-state index is 12.8. The van der Waals surface area contributed by atoms with Crippen LogP contribution in [0.3, 0.4) is 0 Å². The van der Waals surface area contributed by atoms with Crippen LogP contribution in [-0.4, -0.2) is 29.7 Å². The molecule has 1 heterocycles. The van der Waals surface area contributed by atoms with Crippen molar-refractivity contribution in [3.05, 3.63) is 35.4 Å². The van der Waals surface area contributed by atoms with Crippen LogP contribution in [0.15, 0.2) is 24.3 Å². The molecule has 1 aliphatic rings. The second-order valence-electron chi connectivity index (χ2n) is 7.31. The van der Waals surface area contributed by atoms with Gasteiger partial charge in [0, 0.05) is 13.1 Å². The Bertz CT molecular complexity index is 570. The second-order valence-corrected chi connectivity index (χ2v) is 7.31. The molecule has 0 aromatic heterocycles. The van der Waals surface area contributed by atoms with Crippen LogP contribution in [0.4, 0.5) is 18.0 Å². The summed E-state index contributed by atoms with van der Waals surface area (Å²) in [6.07, 6.45) is -2.48. The second kappa shape index (κ2) is 7.03. The van der Waals surface area contributed by atoms with Gasteiger partial charge in [-0.3, -0.25) is 0 Å². The predicted molar refractivity (Wildman–Crippen MR) is 85.7 cm³/mol. The normalized spacial score (nSPS) is 17.0. The predicted octanol–water partition coefficient (Wildman–Crippen LogP) is 4.90. The summed E-state index contributed by atoms with van der Waals surface area (Å²) in [7, 11) is 0. The molecule has 2 rings (SSSR count). The SMILES string of the molecule is CC(C)(C)OC(=O)N1CCC(Cc2cccc(C(F)(F)F)c2)CC1. The molecule has 1 aliphatic heterocycles. The number of halogens is 3. The Balaban J connectivity index is 1.88. The molecule has 24 heavy (non-hydrogen) atoms. The monoisotopic (exact) mass is 343 g/mol. The van der Waals surface area contributed by atoms with Crippen LogP contribution in [-0.2, 0) is 17.3 Å². The molecular formula is C18H24F3NO2. The lowest BCUT2D eigenvalue weighted by molar-refractivity contribution is -0.137. The van der Waals surface area contributed by atoms with Crippen LogP contribution in [0.25, 0.3) is 0 Å². The lowest BCUT2D eigenvalue weighted by Crippen LogP contribution is -2.42. The van der Waals surface area contributed by atoms with Gasteiger partial charge in [-0.1, -0.05) is 18.2 Å². The van der Waals surface area contributed by atoms with E-state index >= 15 is 0 Å². The molecule has 0 bridgehead atoms. The van der Waals surface area contributed by atoms with Crippen molar-refractivity contribution >= 4 is 6.09 Å². The van der Waals surface area contributed by atoms with Gasteiger partial charge in [-0.2, -0.15) is 13.2 Å². The third-order valence-corrected chi connectivity index (χ3v) is 4.04. The third kappa shape index (κ3) is 5.42. The number of benzene rings is 1. The zero-order chi connectivity index (χ0) is 18.0. The molecule has 0 N–H and O–H groups in total. The smallest absolute Gasteiger partial charge is 0.416 e. The van der Waals surface area contributed by atoms with E-state index in [4.69, 9.17) is 4.74 Å². The summed E-state index contributed by atoms with van der Waals surface area (Å²) in [6.45, 7) is 6.64. The molecule has 0 aliphatic carbocycles. The fraction of sp³-hybridized carbons (Fsp3) is 0.611. The average Bonchev–Trinajstić information content (AvgIpc) is 2.45. The highest BCUT2D eigenvalue weighted by Crippen LogP contribution is 2.31. The number of carbonyl (C=O) groups is 1. The Hall–Kier alpha value is -1.72. The number of piperidine rings is 1. The quantitative estimate of drug-likeness (QED) is 0.765. The fourth-order valence-electron chi connectivity index (χ4n) is 2.85. The van der Waals surface area contributed by atoms with Crippen LogP contribution < -0.4 is 0 Å². The van der Waals surface area contributed by atoms with Crippen molar-refractivity contribution in [1.29, 1.82) is 0 Å². The largest absolute Gasteiger partial charge is 0.444 e. The molecule has 0 unspecified atom stereocenters. The van der Waals surface area contributed by atoms with Crippen molar-refractivity contribution in [2.75, 3.05) is 13.1 Å². The van der Waals surface area contributed by atoms with Crippen molar-refractivity contribution in [2.24, 2.45) is 5.92 Å². The van der Waals surface area contributed by atoms with Gasteiger partial charge in [0.2, 0.25) is 0 Å². The minimum atomic E-state index is -4.31. The molecule has 1 saturated heterocycles. The summed E-state index contributed by atoms with van der Waals surface area (Å²) in [6, 6.07) is 5.50. The molecule has 0 atom stereocenters. The van der Waals surface area contributed by atoms with E-state index in [0.717, 1.165) is 18.9 Å². The molecule has 1 aromatic carbocycles. The first-order valence-corrected chi connectivity index (χ1v) is 8.19. The Kier molecular flexibility index (Phi) is 5.45. The van der Waals surface area contributed by atoms with Gasteiger partial charge in [0.15, 0.2) is 0 Å². The first kappa shape index (κ1) is 18.6. The first-order valence-electron chi connectivity index (χ1n) is 8.19. The van der Waals surface area contributed by atoms with E-state index in [9.17, 15) is 18.0 Å². The molecule has 0 radical (unpaired) electrons. The molecule has 3 nitrogen and oxygen atoms in total. The minimum Gasteiger partial charge on any atom is -0.444 e. The Morgan fingerprint density at radius 2 is 1.83 bits per heavy atom. The zero-order valence-electron chi connectivity index (χ0n) is 14.3. The Morgan fingerprint density at radius 1 is 1.21 bits per heavy atom. The number of likely N-dealkylation sites (tertiary alicyclic amines) is 1. The number of hydrogen-bond donors (Lipinski definition) is 0. The summed E-state index contributed by atoms with van der Waals surface area (Å²) in [4.78, 5) is 13.7. The van der Waals surface area contributed by atoms with E-state index in [1.165, 1.54) is 12.1 Å². The van der Waals surface area contributed by atoms with Crippen molar-refractivity contribution in [2.45, 2.75) is 51.8 Å². The van der Waals surface area contributed by atoms with Crippen molar-refractivity contribution < 1.29 is 22.7 Å². The molecular weight excluding hydrogens is 319 g/mol. The van der Waals surface area contributed by atoms with Crippen LogP contribution in [0, 0.1) is 5.92 Å².